The SMILES string of the molecule is Cc1nnc(Sc2ccc(F)cc2CCN)s1. The van der Waals surface area contributed by atoms with E-state index in [9.17, 15) is 4.39 Å². The van der Waals surface area contributed by atoms with Crippen LogP contribution < -0.4 is 5.73 Å². The molecule has 0 amide bonds. The minimum atomic E-state index is -0.230. The Kier molecular flexibility index (Phi) is 4.09. The van der Waals surface area contributed by atoms with Gasteiger partial charge in [-0.1, -0.05) is 23.1 Å². The fourth-order valence-corrected chi connectivity index (χ4v) is 3.32. The van der Waals surface area contributed by atoms with Gasteiger partial charge in [0.25, 0.3) is 0 Å². The van der Waals surface area contributed by atoms with E-state index in [0.717, 1.165) is 19.8 Å². The van der Waals surface area contributed by atoms with Crippen LogP contribution >= 0.6 is 23.1 Å². The molecule has 0 fully saturated rings. The first-order valence-corrected chi connectivity index (χ1v) is 6.79. The minimum absolute atomic E-state index is 0.230. The molecule has 1 heterocycles. The number of hydrogen-bond acceptors (Lipinski definition) is 5. The molecule has 1 aromatic carbocycles. The topological polar surface area (TPSA) is 51.8 Å². The van der Waals surface area contributed by atoms with Gasteiger partial charge >= 0.3 is 0 Å². The van der Waals surface area contributed by atoms with Crippen LogP contribution in [0.1, 0.15) is 10.6 Å². The van der Waals surface area contributed by atoms with Crippen LogP contribution in [-0.2, 0) is 6.42 Å². The summed E-state index contributed by atoms with van der Waals surface area (Å²) in [4.78, 5) is 0.994. The van der Waals surface area contributed by atoms with Gasteiger partial charge < -0.3 is 5.73 Å². The molecule has 3 nitrogen and oxygen atoms in total. The molecule has 6 heteroatoms. The van der Waals surface area contributed by atoms with Crippen molar-refractivity contribution in [2.24, 2.45) is 5.73 Å². The molecule has 0 spiro atoms. The van der Waals surface area contributed by atoms with Gasteiger partial charge in [0.15, 0.2) is 4.34 Å². The first kappa shape index (κ1) is 12.5. The number of halogens is 1. The summed E-state index contributed by atoms with van der Waals surface area (Å²) in [5.41, 5.74) is 6.44. The molecule has 1 aromatic heterocycles. The molecule has 0 radical (unpaired) electrons. The Hall–Kier alpha value is -0.980. The maximum atomic E-state index is 13.1. The van der Waals surface area contributed by atoms with E-state index in [-0.39, 0.29) is 5.82 Å². The van der Waals surface area contributed by atoms with Crippen molar-refractivity contribution in [3.05, 3.63) is 34.6 Å². The lowest BCUT2D eigenvalue weighted by Crippen LogP contribution is -2.04. The first-order chi connectivity index (χ1) is 8.19. The number of rotatable bonds is 4. The molecule has 0 bridgehead atoms. The van der Waals surface area contributed by atoms with Crippen molar-refractivity contribution in [2.75, 3.05) is 6.54 Å². The molecule has 17 heavy (non-hydrogen) atoms. The second-order valence-corrected chi connectivity index (χ2v) is 5.95. The molecule has 0 aliphatic carbocycles. The van der Waals surface area contributed by atoms with Crippen molar-refractivity contribution >= 4 is 23.1 Å². The zero-order valence-corrected chi connectivity index (χ0v) is 10.9. The Labute approximate surface area is 107 Å². The van der Waals surface area contributed by atoms with Crippen LogP contribution in [0.25, 0.3) is 0 Å². The molecule has 0 aliphatic heterocycles. The van der Waals surface area contributed by atoms with E-state index in [1.54, 1.807) is 6.07 Å². The summed E-state index contributed by atoms with van der Waals surface area (Å²) in [6.45, 7) is 2.42. The third-order valence-electron chi connectivity index (χ3n) is 2.14. The molecule has 0 unspecified atom stereocenters. The number of hydrogen-bond donors (Lipinski definition) is 1. The van der Waals surface area contributed by atoms with Crippen LogP contribution in [-0.4, -0.2) is 16.7 Å². The largest absolute Gasteiger partial charge is 0.330 e. The maximum Gasteiger partial charge on any atom is 0.179 e. The van der Waals surface area contributed by atoms with Crippen molar-refractivity contribution in [1.82, 2.24) is 10.2 Å². The third-order valence-corrected chi connectivity index (χ3v) is 4.15. The van der Waals surface area contributed by atoms with Gasteiger partial charge in [-0.2, -0.15) is 0 Å². The molecular weight excluding hydrogens is 257 g/mol. The summed E-state index contributed by atoms with van der Waals surface area (Å²) >= 11 is 3.04. The van der Waals surface area contributed by atoms with Crippen LogP contribution in [0.3, 0.4) is 0 Å². The van der Waals surface area contributed by atoms with E-state index in [1.165, 1.54) is 35.2 Å². The van der Waals surface area contributed by atoms with E-state index >= 15 is 0 Å². The van der Waals surface area contributed by atoms with Gasteiger partial charge in [-0.3, -0.25) is 0 Å². The molecule has 0 aliphatic rings. The van der Waals surface area contributed by atoms with Gasteiger partial charge in [0.2, 0.25) is 0 Å². The summed E-state index contributed by atoms with van der Waals surface area (Å²) in [5.74, 6) is -0.230. The summed E-state index contributed by atoms with van der Waals surface area (Å²) in [6.07, 6.45) is 0.665. The lowest BCUT2D eigenvalue weighted by atomic mass is 10.1. The molecule has 0 saturated heterocycles. The predicted molar refractivity (Wildman–Crippen MR) is 67.9 cm³/mol. The molecule has 2 rings (SSSR count). The standard InChI is InChI=1S/C11H12FN3S2/c1-7-14-15-11(16-7)17-10-3-2-9(12)6-8(10)4-5-13/h2-3,6H,4-5,13H2,1H3. The average molecular weight is 269 g/mol. The lowest BCUT2D eigenvalue weighted by molar-refractivity contribution is 0.623. The van der Waals surface area contributed by atoms with E-state index in [4.69, 9.17) is 5.73 Å². The van der Waals surface area contributed by atoms with Gasteiger partial charge in [-0.05, 0) is 43.7 Å². The van der Waals surface area contributed by atoms with E-state index < -0.39 is 0 Å². The van der Waals surface area contributed by atoms with Gasteiger partial charge in [-0.25, -0.2) is 4.39 Å². The predicted octanol–water partition coefficient (Wildman–Crippen LogP) is 2.64. The van der Waals surface area contributed by atoms with Gasteiger partial charge in [0.05, 0.1) is 0 Å². The number of nitrogens with zero attached hydrogens (tertiary/aromatic N) is 2. The average Bonchev–Trinajstić information content (AvgIpc) is 2.69. The highest BCUT2D eigenvalue weighted by Crippen LogP contribution is 2.32. The van der Waals surface area contributed by atoms with E-state index in [1.807, 2.05) is 6.92 Å². The van der Waals surface area contributed by atoms with Crippen molar-refractivity contribution in [3.8, 4) is 0 Å². The van der Waals surface area contributed by atoms with Crippen molar-refractivity contribution in [3.63, 3.8) is 0 Å². The van der Waals surface area contributed by atoms with Crippen LogP contribution in [0.2, 0.25) is 0 Å². The normalized spacial score (nSPS) is 10.8. The monoisotopic (exact) mass is 269 g/mol. The fraction of sp³-hybridized carbons (Fsp3) is 0.273. The third kappa shape index (κ3) is 3.24. The molecular formula is C11H12FN3S2. The van der Waals surface area contributed by atoms with E-state index in [0.29, 0.717) is 13.0 Å². The highest BCUT2D eigenvalue weighted by Gasteiger charge is 2.08. The Morgan fingerprint density at radius 1 is 1.41 bits per heavy atom. The lowest BCUT2D eigenvalue weighted by Gasteiger charge is -2.06. The molecule has 0 atom stereocenters. The highest BCUT2D eigenvalue weighted by molar-refractivity contribution is 8.01. The summed E-state index contributed by atoms with van der Waals surface area (Å²) < 4.78 is 14.0. The zero-order valence-electron chi connectivity index (χ0n) is 9.31. The number of benzene rings is 1. The Morgan fingerprint density at radius 3 is 2.88 bits per heavy atom. The first-order valence-electron chi connectivity index (χ1n) is 5.15. The number of aryl methyl sites for hydroxylation is 1. The van der Waals surface area contributed by atoms with Crippen LogP contribution in [0.15, 0.2) is 27.4 Å². The van der Waals surface area contributed by atoms with Crippen molar-refractivity contribution in [1.29, 1.82) is 0 Å². The van der Waals surface area contributed by atoms with Crippen LogP contribution in [0.5, 0.6) is 0 Å². The summed E-state index contributed by atoms with van der Waals surface area (Å²) in [6, 6.07) is 4.75. The Balaban J connectivity index is 2.25. The molecule has 0 saturated carbocycles. The quantitative estimate of drug-likeness (QED) is 0.927. The Bertz CT molecular complexity index is 513. The van der Waals surface area contributed by atoms with Crippen molar-refractivity contribution < 1.29 is 4.39 Å². The van der Waals surface area contributed by atoms with Crippen molar-refractivity contribution in [2.45, 2.75) is 22.6 Å². The fourth-order valence-electron chi connectivity index (χ4n) is 1.41. The van der Waals surface area contributed by atoms with Crippen LogP contribution in [0.4, 0.5) is 4.39 Å². The minimum Gasteiger partial charge on any atom is -0.330 e. The molecule has 90 valence electrons. The van der Waals surface area contributed by atoms with Gasteiger partial charge in [0, 0.05) is 4.90 Å². The second-order valence-electron chi connectivity index (χ2n) is 3.48. The van der Waals surface area contributed by atoms with Crippen LogP contribution in [0, 0.1) is 12.7 Å². The second kappa shape index (κ2) is 5.57. The zero-order chi connectivity index (χ0) is 12.3. The number of nitrogens with two attached hydrogens (primary N) is 1. The van der Waals surface area contributed by atoms with Gasteiger partial charge in [0.1, 0.15) is 10.8 Å². The molecule has 2 aromatic rings. The Morgan fingerprint density at radius 2 is 2.24 bits per heavy atom. The molecule has 2 N–H and O–H groups in total. The van der Waals surface area contributed by atoms with Gasteiger partial charge in [-0.15, -0.1) is 10.2 Å². The summed E-state index contributed by atoms with van der Waals surface area (Å²) in [7, 11) is 0. The smallest absolute Gasteiger partial charge is 0.179 e. The van der Waals surface area contributed by atoms with E-state index in [2.05, 4.69) is 10.2 Å². The maximum absolute atomic E-state index is 13.1. The number of aromatic nitrogens is 2. The highest BCUT2D eigenvalue weighted by atomic mass is 32.2. The summed E-state index contributed by atoms with van der Waals surface area (Å²) in [5, 5.41) is 8.92.